The Balaban J connectivity index is 2.29. The second kappa shape index (κ2) is 6.19. The van der Waals surface area contributed by atoms with Gasteiger partial charge in [0.25, 0.3) is 0 Å². The van der Waals surface area contributed by atoms with Crippen molar-refractivity contribution in [2.75, 3.05) is 13.1 Å². The maximum absolute atomic E-state index is 3.90. The molecule has 1 heteroatoms. The molecule has 2 rings (SSSR count). The van der Waals surface area contributed by atoms with Gasteiger partial charge in [0.1, 0.15) is 0 Å². The van der Waals surface area contributed by atoms with E-state index >= 15 is 0 Å². The first-order chi connectivity index (χ1) is 8.72. The monoisotopic (exact) mass is 243 g/mol. The van der Waals surface area contributed by atoms with Crippen LogP contribution >= 0.6 is 0 Å². The van der Waals surface area contributed by atoms with Crippen LogP contribution in [0.2, 0.25) is 0 Å². The van der Waals surface area contributed by atoms with E-state index in [0.29, 0.717) is 5.92 Å². The van der Waals surface area contributed by atoms with Crippen LogP contribution in [-0.4, -0.2) is 13.1 Å². The van der Waals surface area contributed by atoms with Crippen molar-refractivity contribution in [3.63, 3.8) is 0 Å². The standard InChI is InChI=1S/C17H25N/c1-4-5-16-12-15(13(2)3)6-7-17(16)14-8-10-18-11-9-14/h4,6-7,12-14,18H,1,5,8-11H2,2-3H3. The Morgan fingerprint density at radius 3 is 2.67 bits per heavy atom. The molecule has 1 saturated heterocycles. The average molecular weight is 243 g/mol. The Morgan fingerprint density at radius 1 is 1.33 bits per heavy atom. The first-order valence-electron chi connectivity index (χ1n) is 7.16. The molecule has 1 heterocycles. The summed E-state index contributed by atoms with van der Waals surface area (Å²) in [5, 5.41) is 3.45. The lowest BCUT2D eigenvalue weighted by Gasteiger charge is -2.25. The molecule has 0 radical (unpaired) electrons. The topological polar surface area (TPSA) is 12.0 Å². The lowest BCUT2D eigenvalue weighted by atomic mass is 9.84. The zero-order valence-corrected chi connectivity index (χ0v) is 11.7. The molecule has 0 saturated carbocycles. The summed E-state index contributed by atoms with van der Waals surface area (Å²) < 4.78 is 0. The predicted octanol–water partition coefficient (Wildman–Crippen LogP) is 4.01. The van der Waals surface area contributed by atoms with E-state index in [1.165, 1.54) is 24.0 Å². The molecule has 1 aromatic rings. The summed E-state index contributed by atoms with van der Waals surface area (Å²) >= 11 is 0. The fraction of sp³-hybridized carbons (Fsp3) is 0.529. The van der Waals surface area contributed by atoms with Crippen LogP contribution in [0, 0.1) is 0 Å². The van der Waals surface area contributed by atoms with E-state index in [2.05, 4.69) is 43.9 Å². The molecule has 0 spiro atoms. The van der Waals surface area contributed by atoms with E-state index in [0.717, 1.165) is 25.4 Å². The Kier molecular flexibility index (Phi) is 4.60. The zero-order valence-electron chi connectivity index (χ0n) is 11.7. The zero-order chi connectivity index (χ0) is 13.0. The van der Waals surface area contributed by atoms with Crippen LogP contribution in [-0.2, 0) is 6.42 Å². The summed E-state index contributed by atoms with van der Waals surface area (Å²) in [6.45, 7) is 10.7. The third kappa shape index (κ3) is 3.02. The third-order valence-electron chi connectivity index (χ3n) is 3.98. The summed E-state index contributed by atoms with van der Waals surface area (Å²) in [6, 6.07) is 7.07. The van der Waals surface area contributed by atoms with Crippen LogP contribution in [0.5, 0.6) is 0 Å². The maximum Gasteiger partial charge on any atom is -0.00431 e. The number of benzene rings is 1. The summed E-state index contributed by atoms with van der Waals surface area (Å²) in [7, 11) is 0. The highest BCUT2D eigenvalue weighted by Crippen LogP contribution is 2.30. The summed E-state index contributed by atoms with van der Waals surface area (Å²) in [4.78, 5) is 0. The number of piperidine rings is 1. The normalized spacial score (nSPS) is 17.1. The van der Waals surface area contributed by atoms with Gasteiger partial charge in [0.2, 0.25) is 0 Å². The van der Waals surface area contributed by atoms with Crippen molar-refractivity contribution in [3.8, 4) is 0 Å². The molecule has 18 heavy (non-hydrogen) atoms. The molecular weight excluding hydrogens is 218 g/mol. The van der Waals surface area contributed by atoms with E-state index in [1.54, 1.807) is 5.56 Å². The van der Waals surface area contributed by atoms with E-state index < -0.39 is 0 Å². The second-order valence-corrected chi connectivity index (χ2v) is 5.63. The SMILES string of the molecule is C=CCc1cc(C(C)C)ccc1C1CCNCC1. The van der Waals surface area contributed by atoms with Crippen molar-refractivity contribution < 1.29 is 0 Å². The van der Waals surface area contributed by atoms with Crippen molar-refractivity contribution in [3.05, 3.63) is 47.5 Å². The Morgan fingerprint density at radius 2 is 2.06 bits per heavy atom. The minimum atomic E-state index is 0.607. The molecule has 0 atom stereocenters. The van der Waals surface area contributed by atoms with E-state index in [-0.39, 0.29) is 0 Å². The van der Waals surface area contributed by atoms with Gasteiger partial charge < -0.3 is 5.32 Å². The van der Waals surface area contributed by atoms with Gasteiger partial charge in [0, 0.05) is 0 Å². The van der Waals surface area contributed by atoms with Crippen LogP contribution in [0.1, 0.15) is 55.2 Å². The fourth-order valence-electron chi connectivity index (χ4n) is 2.85. The van der Waals surface area contributed by atoms with Crippen LogP contribution in [0.15, 0.2) is 30.9 Å². The van der Waals surface area contributed by atoms with Crippen molar-refractivity contribution in [1.29, 1.82) is 0 Å². The van der Waals surface area contributed by atoms with E-state index in [1.807, 2.05) is 6.08 Å². The van der Waals surface area contributed by atoms with Gasteiger partial charge in [0.05, 0.1) is 0 Å². The Bertz CT molecular complexity index is 400. The van der Waals surface area contributed by atoms with Crippen LogP contribution in [0.4, 0.5) is 0 Å². The molecule has 1 nitrogen and oxygen atoms in total. The average Bonchev–Trinajstić information content (AvgIpc) is 2.40. The number of rotatable bonds is 4. The number of hydrogen-bond donors (Lipinski definition) is 1. The smallest absolute Gasteiger partial charge is 0.00431 e. The third-order valence-corrected chi connectivity index (χ3v) is 3.98. The molecule has 1 N–H and O–H groups in total. The van der Waals surface area contributed by atoms with E-state index in [9.17, 15) is 0 Å². The number of nitrogens with one attached hydrogen (secondary N) is 1. The van der Waals surface area contributed by atoms with Gasteiger partial charge in [-0.05, 0) is 60.9 Å². The lowest BCUT2D eigenvalue weighted by Crippen LogP contribution is -2.27. The molecule has 1 aliphatic heterocycles. The fourth-order valence-corrected chi connectivity index (χ4v) is 2.85. The van der Waals surface area contributed by atoms with Crippen molar-refractivity contribution in [2.24, 2.45) is 0 Å². The largest absolute Gasteiger partial charge is 0.317 e. The van der Waals surface area contributed by atoms with E-state index in [4.69, 9.17) is 0 Å². The molecule has 0 unspecified atom stereocenters. The van der Waals surface area contributed by atoms with Gasteiger partial charge in [-0.15, -0.1) is 6.58 Å². The highest BCUT2D eigenvalue weighted by molar-refractivity contribution is 5.37. The predicted molar refractivity (Wildman–Crippen MR) is 79.3 cm³/mol. The Labute approximate surface area is 111 Å². The van der Waals surface area contributed by atoms with Gasteiger partial charge in [-0.25, -0.2) is 0 Å². The van der Waals surface area contributed by atoms with Gasteiger partial charge >= 0.3 is 0 Å². The van der Waals surface area contributed by atoms with Crippen molar-refractivity contribution in [1.82, 2.24) is 5.32 Å². The molecule has 0 aliphatic carbocycles. The number of hydrogen-bond acceptors (Lipinski definition) is 1. The molecule has 1 aliphatic rings. The molecule has 0 amide bonds. The second-order valence-electron chi connectivity index (χ2n) is 5.63. The number of allylic oxidation sites excluding steroid dienone is 1. The highest BCUT2D eigenvalue weighted by atomic mass is 14.9. The molecule has 98 valence electrons. The van der Waals surface area contributed by atoms with Gasteiger partial charge in [-0.3, -0.25) is 0 Å². The molecule has 1 aromatic carbocycles. The van der Waals surface area contributed by atoms with Crippen LogP contribution < -0.4 is 5.32 Å². The van der Waals surface area contributed by atoms with Gasteiger partial charge in [-0.2, -0.15) is 0 Å². The van der Waals surface area contributed by atoms with Gasteiger partial charge in [0.15, 0.2) is 0 Å². The summed E-state index contributed by atoms with van der Waals surface area (Å²) in [5.74, 6) is 1.35. The lowest BCUT2D eigenvalue weighted by molar-refractivity contribution is 0.458. The minimum Gasteiger partial charge on any atom is -0.317 e. The summed E-state index contributed by atoms with van der Waals surface area (Å²) in [6.07, 6.45) is 5.57. The van der Waals surface area contributed by atoms with Gasteiger partial charge in [-0.1, -0.05) is 38.1 Å². The molecule has 0 aromatic heterocycles. The maximum atomic E-state index is 3.90. The van der Waals surface area contributed by atoms with Crippen molar-refractivity contribution >= 4 is 0 Å². The quantitative estimate of drug-likeness (QED) is 0.788. The molecule has 0 bridgehead atoms. The molecular formula is C17H25N. The van der Waals surface area contributed by atoms with Crippen molar-refractivity contribution in [2.45, 2.75) is 44.9 Å². The Hall–Kier alpha value is -1.08. The summed E-state index contributed by atoms with van der Waals surface area (Å²) in [5.41, 5.74) is 4.49. The highest BCUT2D eigenvalue weighted by Gasteiger charge is 2.18. The van der Waals surface area contributed by atoms with Crippen LogP contribution in [0.3, 0.4) is 0 Å². The molecule has 1 fully saturated rings. The first kappa shape index (κ1) is 13.4. The minimum absolute atomic E-state index is 0.607. The van der Waals surface area contributed by atoms with Crippen LogP contribution in [0.25, 0.3) is 0 Å². The first-order valence-corrected chi connectivity index (χ1v) is 7.16.